The number of hydrogen-bond donors (Lipinski definition) is 2. The lowest BCUT2D eigenvalue weighted by Gasteiger charge is -2.28. The van der Waals surface area contributed by atoms with Crippen molar-refractivity contribution < 1.29 is 10.2 Å². The van der Waals surface area contributed by atoms with Crippen molar-refractivity contribution in [2.45, 2.75) is 18.9 Å². The lowest BCUT2D eigenvalue weighted by Crippen LogP contribution is -2.44. The molecule has 0 bridgehead atoms. The Morgan fingerprint density at radius 2 is 1.94 bits per heavy atom. The van der Waals surface area contributed by atoms with Gasteiger partial charge in [-0.25, -0.2) is 0 Å². The van der Waals surface area contributed by atoms with Crippen LogP contribution in [-0.4, -0.2) is 27.4 Å². The summed E-state index contributed by atoms with van der Waals surface area (Å²) in [5.41, 5.74) is -1.03. The van der Waals surface area contributed by atoms with E-state index >= 15 is 0 Å². The van der Waals surface area contributed by atoms with E-state index in [0.717, 1.165) is 4.70 Å². The van der Waals surface area contributed by atoms with Crippen molar-refractivity contribution in [2.75, 3.05) is 13.2 Å². The van der Waals surface area contributed by atoms with Gasteiger partial charge in [-0.15, -0.1) is 0 Å². The fourth-order valence-corrected chi connectivity index (χ4v) is 3.04. The van der Waals surface area contributed by atoms with Gasteiger partial charge >= 0.3 is 0 Å². The lowest BCUT2D eigenvalue weighted by atomic mass is 9.99. The van der Waals surface area contributed by atoms with Crippen molar-refractivity contribution >= 4 is 21.6 Å². The summed E-state index contributed by atoms with van der Waals surface area (Å²) in [7, 11) is 0. The number of aliphatic hydroxyl groups is 2. The largest absolute Gasteiger partial charge is 0.394 e. The fourth-order valence-electron chi connectivity index (χ4n) is 1.83. The molecular weight excluding hydrogens is 238 g/mol. The maximum Gasteiger partial charge on any atom is 0.269 e. The molecule has 0 amide bonds. The van der Waals surface area contributed by atoms with Gasteiger partial charge in [-0.3, -0.25) is 8.75 Å². The standard InChI is InChI=1S/C12H15NO3S/c1-2-12(7-14,8-15)13-11(16)9-5-3-4-6-10(9)17-13/h3-6,14-15H,2,7-8H2,1H3. The molecule has 2 aromatic rings. The van der Waals surface area contributed by atoms with Crippen molar-refractivity contribution in [2.24, 2.45) is 0 Å². The molecule has 1 heterocycles. The van der Waals surface area contributed by atoms with Crippen LogP contribution < -0.4 is 5.56 Å². The minimum Gasteiger partial charge on any atom is -0.394 e. The third kappa shape index (κ3) is 1.80. The van der Waals surface area contributed by atoms with E-state index in [-0.39, 0.29) is 18.8 Å². The Bertz CT molecular complexity index is 560. The highest BCUT2D eigenvalue weighted by Gasteiger charge is 2.31. The first-order valence-electron chi connectivity index (χ1n) is 5.52. The van der Waals surface area contributed by atoms with Gasteiger partial charge in [0.25, 0.3) is 5.56 Å². The summed E-state index contributed by atoms with van der Waals surface area (Å²) < 4.78 is 2.37. The summed E-state index contributed by atoms with van der Waals surface area (Å²) in [6, 6.07) is 7.31. The molecule has 0 aliphatic rings. The summed E-state index contributed by atoms with van der Waals surface area (Å²) in [6.45, 7) is 1.36. The molecule has 1 aromatic carbocycles. The Morgan fingerprint density at radius 3 is 2.47 bits per heavy atom. The van der Waals surface area contributed by atoms with E-state index < -0.39 is 5.54 Å². The molecule has 0 aliphatic heterocycles. The highest BCUT2D eigenvalue weighted by atomic mass is 32.1. The molecule has 0 atom stereocenters. The summed E-state index contributed by atoms with van der Waals surface area (Å²) in [5.74, 6) is 0. The third-order valence-electron chi connectivity index (χ3n) is 3.17. The van der Waals surface area contributed by atoms with Crippen LogP contribution in [0, 0.1) is 0 Å². The molecule has 2 N–H and O–H groups in total. The number of hydrogen-bond acceptors (Lipinski definition) is 4. The van der Waals surface area contributed by atoms with Gasteiger partial charge in [0.05, 0.1) is 23.3 Å². The van der Waals surface area contributed by atoms with E-state index in [0.29, 0.717) is 11.8 Å². The zero-order valence-electron chi connectivity index (χ0n) is 9.59. The van der Waals surface area contributed by atoms with E-state index in [1.807, 2.05) is 25.1 Å². The van der Waals surface area contributed by atoms with Gasteiger partial charge < -0.3 is 10.2 Å². The highest BCUT2D eigenvalue weighted by molar-refractivity contribution is 7.13. The molecule has 0 aliphatic carbocycles. The number of nitrogens with zero attached hydrogens (tertiary/aromatic N) is 1. The first kappa shape index (κ1) is 12.3. The Hall–Kier alpha value is -1.17. The van der Waals surface area contributed by atoms with Crippen LogP contribution in [0.15, 0.2) is 29.1 Å². The van der Waals surface area contributed by atoms with Crippen LogP contribution >= 0.6 is 11.5 Å². The lowest BCUT2D eigenvalue weighted by molar-refractivity contribution is 0.0660. The number of rotatable bonds is 4. The van der Waals surface area contributed by atoms with Crippen LogP contribution in [0.5, 0.6) is 0 Å². The van der Waals surface area contributed by atoms with Crippen LogP contribution in [0.2, 0.25) is 0 Å². The molecule has 0 saturated carbocycles. The van der Waals surface area contributed by atoms with Gasteiger partial charge in [-0.2, -0.15) is 0 Å². The van der Waals surface area contributed by atoms with Crippen LogP contribution in [0.1, 0.15) is 13.3 Å². The second-order valence-corrected chi connectivity index (χ2v) is 5.07. The number of benzene rings is 1. The highest BCUT2D eigenvalue weighted by Crippen LogP contribution is 2.25. The summed E-state index contributed by atoms with van der Waals surface area (Å²) in [6.07, 6.45) is 0.507. The van der Waals surface area contributed by atoms with Crippen LogP contribution in [0.25, 0.3) is 10.1 Å². The smallest absolute Gasteiger partial charge is 0.269 e. The molecule has 0 radical (unpaired) electrons. The maximum absolute atomic E-state index is 12.2. The van der Waals surface area contributed by atoms with Gasteiger partial charge in [0, 0.05) is 0 Å². The van der Waals surface area contributed by atoms with Crippen molar-refractivity contribution in [1.29, 1.82) is 0 Å². The van der Waals surface area contributed by atoms with E-state index in [1.54, 1.807) is 6.07 Å². The average Bonchev–Trinajstić information content (AvgIpc) is 2.72. The minimum atomic E-state index is -0.888. The summed E-state index contributed by atoms with van der Waals surface area (Å²) in [5, 5.41) is 19.6. The van der Waals surface area contributed by atoms with Crippen molar-refractivity contribution in [3.05, 3.63) is 34.6 Å². The predicted octanol–water partition coefficient (Wildman–Crippen LogP) is 1.15. The number of aliphatic hydroxyl groups excluding tert-OH is 2. The Labute approximate surface area is 103 Å². The number of aromatic nitrogens is 1. The SMILES string of the molecule is CCC(CO)(CO)n1sc2ccccc2c1=O. The fraction of sp³-hybridized carbons (Fsp3) is 0.417. The van der Waals surface area contributed by atoms with Gasteiger partial charge in [0.15, 0.2) is 0 Å². The Kier molecular flexibility index (Phi) is 3.33. The van der Waals surface area contributed by atoms with Crippen LogP contribution in [-0.2, 0) is 5.54 Å². The van der Waals surface area contributed by atoms with E-state index in [2.05, 4.69) is 0 Å². The van der Waals surface area contributed by atoms with Crippen LogP contribution in [0.3, 0.4) is 0 Å². The third-order valence-corrected chi connectivity index (χ3v) is 4.46. The topological polar surface area (TPSA) is 62.5 Å². The van der Waals surface area contributed by atoms with Crippen molar-refractivity contribution in [3.8, 4) is 0 Å². The molecule has 4 nitrogen and oxygen atoms in total. The van der Waals surface area contributed by atoms with Gasteiger partial charge in [0.1, 0.15) is 5.54 Å². The van der Waals surface area contributed by atoms with Gasteiger partial charge in [0.2, 0.25) is 0 Å². The maximum atomic E-state index is 12.2. The van der Waals surface area contributed by atoms with Gasteiger partial charge in [-0.05, 0) is 18.6 Å². The first-order chi connectivity index (χ1) is 8.18. The quantitative estimate of drug-likeness (QED) is 0.859. The average molecular weight is 253 g/mol. The molecule has 2 rings (SSSR count). The van der Waals surface area contributed by atoms with E-state index in [9.17, 15) is 15.0 Å². The second kappa shape index (κ2) is 4.60. The molecular formula is C12H15NO3S. The van der Waals surface area contributed by atoms with Gasteiger partial charge in [-0.1, -0.05) is 30.6 Å². The zero-order chi connectivity index (χ0) is 12.5. The minimum absolute atomic E-state index is 0.143. The number of fused-ring (bicyclic) bond motifs is 1. The van der Waals surface area contributed by atoms with E-state index in [4.69, 9.17) is 0 Å². The van der Waals surface area contributed by atoms with Crippen LogP contribution in [0.4, 0.5) is 0 Å². The molecule has 5 heteroatoms. The summed E-state index contributed by atoms with van der Waals surface area (Å²) in [4.78, 5) is 12.2. The summed E-state index contributed by atoms with van der Waals surface area (Å²) >= 11 is 1.29. The first-order valence-corrected chi connectivity index (χ1v) is 6.29. The molecule has 0 unspecified atom stereocenters. The molecule has 0 spiro atoms. The predicted molar refractivity (Wildman–Crippen MR) is 68.5 cm³/mol. The van der Waals surface area contributed by atoms with Crippen molar-refractivity contribution in [1.82, 2.24) is 3.96 Å². The normalized spacial score (nSPS) is 12.2. The Balaban J connectivity index is 2.70. The molecule has 1 aromatic heterocycles. The molecule has 92 valence electrons. The molecule has 0 fully saturated rings. The van der Waals surface area contributed by atoms with E-state index in [1.165, 1.54) is 15.5 Å². The Morgan fingerprint density at radius 1 is 1.29 bits per heavy atom. The molecule has 0 saturated heterocycles. The molecule has 17 heavy (non-hydrogen) atoms. The zero-order valence-corrected chi connectivity index (χ0v) is 10.4. The second-order valence-electron chi connectivity index (χ2n) is 4.08. The monoisotopic (exact) mass is 253 g/mol. The van der Waals surface area contributed by atoms with Crippen molar-refractivity contribution in [3.63, 3.8) is 0 Å².